The molecule has 1 aliphatic rings. The Morgan fingerprint density at radius 3 is 2.53 bits per heavy atom. The normalized spacial score (nSPS) is 18.7. The third-order valence-electron chi connectivity index (χ3n) is 3.74. The van der Waals surface area contributed by atoms with Crippen LogP contribution in [0.3, 0.4) is 0 Å². The van der Waals surface area contributed by atoms with E-state index in [-0.39, 0.29) is 11.9 Å². The fourth-order valence-electron chi connectivity index (χ4n) is 2.46. The molecule has 3 nitrogen and oxygen atoms in total. The van der Waals surface area contributed by atoms with E-state index in [1.54, 1.807) is 4.90 Å². The van der Waals surface area contributed by atoms with Crippen LogP contribution in [0.5, 0.6) is 0 Å². The minimum Gasteiger partial charge on any atom is -0.393 e. The first-order valence-electron chi connectivity index (χ1n) is 6.54. The Bertz CT molecular complexity index is 275. The molecule has 17 heavy (non-hydrogen) atoms. The molecule has 1 aliphatic carbocycles. The number of hydrogen-bond acceptors (Lipinski definition) is 2. The first-order chi connectivity index (χ1) is 8.00. The number of amides is 1. The minimum absolute atomic E-state index is 0.114. The van der Waals surface area contributed by atoms with Crippen molar-refractivity contribution in [2.45, 2.75) is 57.9 Å². The second-order valence-electron chi connectivity index (χ2n) is 5.23. The van der Waals surface area contributed by atoms with Crippen LogP contribution < -0.4 is 5.73 Å². The molecule has 0 aromatic heterocycles. The Morgan fingerprint density at radius 1 is 1.41 bits per heavy atom. The van der Waals surface area contributed by atoms with Crippen LogP contribution in [0.4, 0.5) is 0 Å². The highest BCUT2D eigenvalue weighted by molar-refractivity contribution is 7.80. The van der Waals surface area contributed by atoms with Gasteiger partial charge in [0.05, 0.1) is 4.99 Å². The molecule has 1 amide bonds. The highest BCUT2D eigenvalue weighted by atomic mass is 32.1. The summed E-state index contributed by atoms with van der Waals surface area (Å²) in [5, 5.41) is 0. The summed E-state index contributed by atoms with van der Waals surface area (Å²) in [4.78, 5) is 14.4. The number of carbonyl (C=O) groups excluding carboxylic acids is 1. The van der Waals surface area contributed by atoms with Crippen LogP contribution in [0.2, 0.25) is 0 Å². The largest absolute Gasteiger partial charge is 0.393 e. The summed E-state index contributed by atoms with van der Waals surface area (Å²) in [7, 11) is 1.86. The first-order valence-corrected chi connectivity index (χ1v) is 6.95. The van der Waals surface area contributed by atoms with Crippen LogP contribution in [0.1, 0.15) is 51.9 Å². The molecule has 0 aromatic rings. The summed E-state index contributed by atoms with van der Waals surface area (Å²) in [5.41, 5.74) is 5.51. The quantitative estimate of drug-likeness (QED) is 0.769. The SMILES string of the molecule is CC(CC(N)=S)N(C)C(=O)CC1CCCCC1. The van der Waals surface area contributed by atoms with Gasteiger partial charge < -0.3 is 10.6 Å². The maximum atomic E-state index is 12.1. The van der Waals surface area contributed by atoms with E-state index in [0.717, 1.165) is 0 Å². The van der Waals surface area contributed by atoms with Crippen LogP contribution in [-0.4, -0.2) is 28.9 Å². The summed E-state index contributed by atoms with van der Waals surface area (Å²) < 4.78 is 0. The average Bonchev–Trinajstić information content (AvgIpc) is 2.28. The average molecular weight is 256 g/mol. The van der Waals surface area contributed by atoms with Gasteiger partial charge in [-0.1, -0.05) is 31.5 Å². The summed E-state index contributed by atoms with van der Waals surface area (Å²) >= 11 is 4.88. The van der Waals surface area contributed by atoms with Crippen LogP contribution >= 0.6 is 12.2 Å². The Morgan fingerprint density at radius 2 is 2.00 bits per heavy atom. The lowest BCUT2D eigenvalue weighted by Gasteiger charge is -2.28. The Balaban J connectivity index is 2.37. The Labute approximate surface area is 110 Å². The zero-order chi connectivity index (χ0) is 12.8. The van der Waals surface area contributed by atoms with Crippen molar-refractivity contribution in [3.05, 3.63) is 0 Å². The zero-order valence-corrected chi connectivity index (χ0v) is 11.8. The van der Waals surface area contributed by atoms with Crippen molar-refractivity contribution in [3.63, 3.8) is 0 Å². The van der Waals surface area contributed by atoms with E-state index in [9.17, 15) is 4.79 Å². The molecule has 1 unspecified atom stereocenters. The van der Waals surface area contributed by atoms with Crippen molar-refractivity contribution < 1.29 is 4.79 Å². The van der Waals surface area contributed by atoms with Crippen molar-refractivity contribution in [2.24, 2.45) is 11.7 Å². The van der Waals surface area contributed by atoms with E-state index in [1.807, 2.05) is 14.0 Å². The fourth-order valence-corrected chi connectivity index (χ4v) is 2.70. The van der Waals surface area contributed by atoms with E-state index in [0.29, 0.717) is 23.7 Å². The van der Waals surface area contributed by atoms with Crippen molar-refractivity contribution in [2.75, 3.05) is 7.05 Å². The van der Waals surface area contributed by atoms with Crippen LogP contribution in [0, 0.1) is 5.92 Å². The van der Waals surface area contributed by atoms with E-state index in [2.05, 4.69) is 0 Å². The van der Waals surface area contributed by atoms with Crippen LogP contribution in [0.15, 0.2) is 0 Å². The van der Waals surface area contributed by atoms with Crippen molar-refractivity contribution in [3.8, 4) is 0 Å². The summed E-state index contributed by atoms with van der Waals surface area (Å²) in [5.74, 6) is 0.830. The number of thiocarbonyl (C=S) groups is 1. The summed E-state index contributed by atoms with van der Waals surface area (Å²) in [6, 6.07) is 0.114. The Kier molecular flexibility index (Phi) is 5.89. The van der Waals surface area contributed by atoms with Crippen molar-refractivity contribution in [1.29, 1.82) is 0 Å². The van der Waals surface area contributed by atoms with Gasteiger partial charge in [-0.2, -0.15) is 0 Å². The van der Waals surface area contributed by atoms with Gasteiger partial charge in [0.25, 0.3) is 0 Å². The molecule has 1 saturated carbocycles. The lowest BCUT2D eigenvalue weighted by atomic mass is 9.86. The van der Waals surface area contributed by atoms with Gasteiger partial charge >= 0.3 is 0 Å². The third-order valence-corrected chi connectivity index (χ3v) is 3.91. The van der Waals surface area contributed by atoms with Crippen molar-refractivity contribution >= 4 is 23.1 Å². The predicted molar refractivity (Wildman–Crippen MR) is 74.8 cm³/mol. The van der Waals surface area contributed by atoms with Gasteiger partial charge in [0.2, 0.25) is 5.91 Å². The molecule has 0 heterocycles. The number of hydrogen-bond donors (Lipinski definition) is 1. The molecule has 0 aromatic carbocycles. The standard InChI is InChI=1S/C13H24N2OS/c1-10(8-12(14)17)15(2)13(16)9-11-6-4-3-5-7-11/h10-11H,3-9H2,1-2H3,(H2,14,17). The molecular weight excluding hydrogens is 232 g/mol. The highest BCUT2D eigenvalue weighted by Gasteiger charge is 2.21. The monoisotopic (exact) mass is 256 g/mol. The molecule has 1 fully saturated rings. The molecule has 4 heteroatoms. The van der Waals surface area contributed by atoms with E-state index in [4.69, 9.17) is 18.0 Å². The molecule has 98 valence electrons. The lowest BCUT2D eigenvalue weighted by Crippen LogP contribution is -2.38. The lowest BCUT2D eigenvalue weighted by molar-refractivity contribution is -0.132. The molecule has 1 atom stereocenters. The summed E-state index contributed by atoms with van der Waals surface area (Å²) in [6.45, 7) is 2.00. The minimum atomic E-state index is 0.114. The number of rotatable bonds is 5. The van der Waals surface area contributed by atoms with Crippen LogP contribution in [0.25, 0.3) is 0 Å². The van der Waals surface area contributed by atoms with E-state index >= 15 is 0 Å². The third kappa shape index (κ3) is 5.02. The topological polar surface area (TPSA) is 46.3 Å². The van der Waals surface area contributed by atoms with Gasteiger partial charge in [-0.25, -0.2) is 0 Å². The zero-order valence-electron chi connectivity index (χ0n) is 10.9. The molecule has 0 saturated heterocycles. The van der Waals surface area contributed by atoms with Crippen LogP contribution in [-0.2, 0) is 4.79 Å². The van der Waals surface area contributed by atoms with Crippen molar-refractivity contribution in [1.82, 2.24) is 4.90 Å². The van der Waals surface area contributed by atoms with E-state index in [1.165, 1.54) is 32.1 Å². The molecule has 0 bridgehead atoms. The predicted octanol–water partition coefficient (Wildman–Crippen LogP) is 2.48. The van der Waals surface area contributed by atoms with Gasteiger partial charge in [0.1, 0.15) is 0 Å². The summed E-state index contributed by atoms with van der Waals surface area (Å²) in [6.07, 6.45) is 7.62. The second kappa shape index (κ2) is 6.94. The van der Waals surface area contributed by atoms with Gasteiger partial charge in [-0.3, -0.25) is 4.79 Å². The maximum absolute atomic E-state index is 12.1. The number of nitrogens with zero attached hydrogens (tertiary/aromatic N) is 1. The molecule has 0 radical (unpaired) electrons. The molecular formula is C13H24N2OS. The Hall–Kier alpha value is -0.640. The number of nitrogens with two attached hydrogens (primary N) is 1. The molecule has 1 rings (SSSR count). The van der Waals surface area contributed by atoms with Gasteiger partial charge in [0, 0.05) is 25.9 Å². The number of carbonyl (C=O) groups is 1. The molecule has 0 aliphatic heterocycles. The van der Waals surface area contributed by atoms with Gasteiger partial charge in [-0.15, -0.1) is 0 Å². The maximum Gasteiger partial charge on any atom is 0.222 e. The molecule has 0 spiro atoms. The van der Waals surface area contributed by atoms with Gasteiger partial charge in [0.15, 0.2) is 0 Å². The van der Waals surface area contributed by atoms with E-state index < -0.39 is 0 Å². The fraction of sp³-hybridized carbons (Fsp3) is 0.846. The molecule has 2 N–H and O–H groups in total. The second-order valence-corrected chi connectivity index (χ2v) is 5.76. The first kappa shape index (κ1) is 14.4. The highest BCUT2D eigenvalue weighted by Crippen LogP contribution is 2.26. The van der Waals surface area contributed by atoms with Gasteiger partial charge in [-0.05, 0) is 25.7 Å². The smallest absolute Gasteiger partial charge is 0.222 e.